The van der Waals surface area contributed by atoms with E-state index in [-0.39, 0.29) is 24.4 Å². The van der Waals surface area contributed by atoms with Crippen LogP contribution >= 0.6 is 23.7 Å². The maximum Gasteiger partial charge on any atom is 0.277 e. The van der Waals surface area contributed by atoms with Gasteiger partial charge in [0.1, 0.15) is 5.69 Å². The smallest absolute Gasteiger partial charge is 0.277 e. The Kier molecular flexibility index (Phi) is 4.42. The van der Waals surface area contributed by atoms with Gasteiger partial charge in [-0.25, -0.2) is 9.97 Å². The molecule has 8 heteroatoms. The number of carbonyl (C=O) groups is 1. The number of fused-ring (bicyclic) bond motifs is 1. The van der Waals surface area contributed by atoms with Gasteiger partial charge in [0.15, 0.2) is 5.13 Å². The zero-order chi connectivity index (χ0) is 13.4. The van der Waals surface area contributed by atoms with Gasteiger partial charge < -0.3 is 10.3 Å². The van der Waals surface area contributed by atoms with E-state index in [9.17, 15) is 4.79 Å². The molecule has 0 fully saturated rings. The van der Waals surface area contributed by atoms with E-state index in [1.165, 1.54) is 16.2 Å². The van der Waals surface area contributed by atoms with Crippen molar-refractivity contribution in [3.8, 4) is 0 Å². The summed E-state index contributed by atoms with van der Waals surface area (Å²) in [5.41, 5.74) is 7.40. The Balaban J connectivity index is 0.00000147. The Bertz CT molecular complexity index is 623. The van der Waals surface area contributed by atoms with Crippen molar-refractivity contribution in [2.45, 2.75) is 25.3 Å². The zero-order valence-electron chi connectivity index (χ0n) is 11.0. The van der Waals surface area contributed by atoms with Crippen LogP contribution in [0, 0.1) is 0 Å². The zero-order valence-corrected chi connectivity index (χ0v) is 12.6. The third kappa shape index (κ3) is 3.00. The normalized spacial score (nSPS) is 17.2. The number of aryl methyl sites for hydroxylation is 2. The molecule has 1 aliphatic carbocycles. The molecule has 108 valence electrons. The van der Waals surface area contributed by atoms with Crippen LogP contribution in [-0.4, -0.2) is 26.5 Å². The van der Waals surface area contributed by atoms with Gasteiger partial charge in [-0.2, -0.15) is 0 Å². The molecule has 0 bridgehead atoms. The first-order valence-corrected chi connectivity index (χ1v) is 6.97. The van der Waals surface area contributed by atoms with Gasteiger partial charge in [0.25, 0.3) is 5.91 Å². The van der Waals surface area contributed by atoms with Crippen molar-refractivity contribution in [3.63, 3.8) is 0 Å². The molecule has 0 saturated carbocycles. The summed E-state index contributed by atoms with van der Waals surface area (Å²) in [5, 5.41) is 3.43. The maximum atomic E-state index is 12.0. The second-order valence-corrected chi connectivity index (χ2v) is 5.85. The molecule has 2 heterocycles. The van der Waals surface area contributed by atoms with Crippen LogP contribution in [0.4, 0.5) is 5.13 Å². The van der Waals surface area contributed by atoms with E-state index in [0.717, 1.165) is 25.0 Å². The molecule has 2 aromatic rings. The lowest BCUT2D eigenvalue weighted by molar-refractivity contribution is 0.102. The summed E-state index contributed by atoms with van der Waals surface area (Å²) in [7, 11) is 1.83. The van der Waals surface area contributed by atoms with Crippen molar-refractivity contribution in [2.24, 2.45) is 12.8 Å². The summed E-state index contributed by atoms with van der Waals surface area (Å²) in [4.78, 5) is 21.6. The SMILES string of the molecule is Cl.Cn1cnc(C(=O)Nc2nc3c(s2)C[C@@H](N)CC3)c1. The van der Waals surface area contributed by atoms with Gasteiger partial charge in [-0.1, -0.05) is 0 Å². The number of nitrogens with zero attached hydrogens (tertiary/aromatic N) is 3. The Morgan fingerprint density at radius 1 is 1.60 bits per heavy atom. The van der Waals surface area contributed by atoms with E-state index < -0.39 is 0 Å². The number of aromatic nitrogens is 3. The highest BCUT2D eigenvalue weighted by molar-refractivity contribution is 7.15. The number of amides is 1. The van der Waals surface area contributed by atoms with Crippen LogP contribution in [0.25, 0.3) is 0 Å². The minimum atomic E-state index is -0.226. The second kappa shape index (κ2) is 5.90. The number of hydrogen-bond acceptors (Lipinski definition) is 5. The van der Waals surface area contributed by atoms with E-state index >= 15 is 0 Å². The second-order valence-electron chi connectivity index (χ2n) is 4.77. The van der Waals surface area contributed by atoms with Crippen molar-refractivity contribution in [3.05, 3.63) is 28.8 Å². The quantitative estimate of drug-likeness (QED) is 0.876. The molecule has 1 aliphatic rings. The van der Waals surface area contributed by atoms with Gasteiger partial charge in [0.05, 0.1) is 12.0 Å². The molecule has 0 aliphatic heterocycles. The topological polar surface area (TPSA) is 85.8 Å². The molecule has 0 radical (unpaired) electrons. The van der Waals surface area contributed by atoms with Crippen molar-refractivity contribution < 1.29 is 4.79 Å². The maximum absolute atomic E-state index is 12.0. The highest BCUT2D eigenvalue weighted by Gasteiger charge is 2.21. The lowest BCUT2D eigenvalue weighted by atomic mass is 9.99. The standard InChI is InChI=1S/C12H15N5OS.ClH/c1-17-5-9(14-6-17)11(18)16-12-15-8-3-2-7(13)4-10(8)19-12;/h5-7H,2-4,13H2,1H3,(H,15,16,18);1H/t7-;/m0./s1. The van der Waals surface area contributed by atoms with E-state index in [0.29, 0.717) is 10.8 Å². The Morgan fingerprint density at radius 3 is 3.10 bits per heavy atom. The average Bonchev–Trinajstić information content (AvgIpc) is 2.94. The first kappa shape index (κ1) is 15.0. The summed E-state index contributed by atoms with van der Waals surface area (Å²) in [6.07, 6.45) is 5.99. The minimum Gasteiger partial charge on any atom is -0.340 e. The highest BCUT2D eigenvalue weighted by Crippen LogP contribution is 2.29. The van der Waals surface area contributed by atoms with Crippen molar-refractivity contribution in [2.75, 3.05) is 5.32 Å². The molecular formula is C12H16ClN5OS. The summed E-state index contributed by atoms with van der Waals surface area (Å²) in [6.45, 7) is 0. The number of imidazole rings is 1. The highest BCUT2D eigenvalue weighted by atomic mass is 35.5. The molecular weight excluding hydrogens is 298 g/mol. The molecule has 0 spiro atoms. The summed E-state index contributed by atoms with van der Waals surface area (Å²) < 4.78 is 1.74. The van der Waals surface area contributed by atoms with Gasteiger partial charge in [-0.05, 0) is 19.3 Å². The van der Waals surface area contributed by atoms with Crippen molar-refractivity contribution >= 4 is 34.8 Å². The molecule has 0 unspecified atom stereocenters. The summed E-state index contributed by atoms with van der Waals surface area (Å²) in [5.74, 6) is -0.226. The number of hydrogen-bond donors (Lipinski definition) is 2. The molecule has 2 aromatic heterocycles. The number of carbonyl (C=O) groups excluding carboxylic acids is 1. The van der Waals surface area contributed by atoms with Crippen LogP contribution in [0.1, 0.15) is 27.5 Å². The minimum absolute atomic E-state index is 0. The monoisotopic (exact) mass is 313 g/mol. The number of halogens is 1. The van der Waals surface area contributed by atoms with Crippen LogP contribution in [-0.2, 0) is 19.9 Å². The largest absolute Gasteiger partial charge is 0.340 e. The number of nitrogens with one attached hydrogen (secondary N) is 1. The van der Waals surface area contributed by atoms with Crippen molar-refractivity contribution in [1.82, 2.24) is 14.5 Å². The molecule has 1 atom stereocenters. The Hall–Kier alpha value is -1.44. The average molecular weight is 314 g/mol. The van der Waals surface area contributed by atoms with Crippen LogP contribution in [0.5, 0.6) is 0 Å². The fraction of sp³-hybridized carbons (Fsp3) is 0.417. The van der Waals surface area contributed by atoms with Gasteiger partial charge in [0, 0.05) is 24.2 Å². The summed E-state index contributed by atoms with van der Waals surface area (Å²) in [6, 6.07) is 0.215. The molecule has 0 saturated heterocycles. The third-order valence-corrected chi connectivity index (χ3v) is 4.17. The van der Waals surface area contributed by atoms with Crippen LogP contribution in [0.2, 0.25) is 0 Å². The first-order chi connectivity index (χ1) is 9.11. The predicted molar refractivity (Wildman–Crippen MR) is 80.5 cm³/mol. The summed E-state index contributed by atoms with van der Waals surface area (Å²) >= 11 is 1.51. The number of nitrogens with two attached hydrogens (primary N) is 1. The fourth-order valence-corrected chi connectivity index (χ4v) is 3.24. The lowest BCUT2D eigenvalue weighted by Crippen LogP contribution is -2.27. The first-order valence-electron chi connectivity index (χ1n) is 6.15. The van der Waals surface area contributed by atoms with Crippen LogP contribution < -0.4 is 11.1 Å². The molecule has 1 amide bonds. The van der Waals surface area contributed by atoms with Crippen molar-refractivity contribution in [1.29, 1.82) is 0 Å². The van der Waals surface area contributed by atoms with Gasteiger partial charge >= 0.3 is 0 Å². The molecule has 6 nitrogen and oxygen atoms in total. The predicted octanol–water partition coefficient (Wildman–Crippen LogP) is 1.37. The van der Waals surface area contributed by atoms with E-state index in [1.807, 2.05) is 7.05 Å². The van der Waals surface area contributed by atoms with E-state index in [1.54, 1.807) is 17.1 Å². The number of rotatable bonds is 2. The van der Waals surface area contributed by atoms with E-state index in [4.69, 9.17) is 5.73 Å². The number of anilines is 1. The van der Waals surface area contributed by atoms with Gasteiger partial charge in [0.2, 0.25) is 0 Å². The molecule has 20 heavy (non-hydrogen) atoms. The Labute approximate surface area is 126 Å². The molecule has 0 aromatic carbocycles. The van der Waals surface area contributed by atoms with Gasteiger partial charge in [-0.3, -0.25) is 10.1 Å². The third-order valence-electron chi connectivity index (χ3n) is 3.14. The molecule has 3 N–H and O–H groups in total. The lowest BCUT2D eigenvalue weighted by Gasteiger charge is -2.15. The van der Waals surface area contributed by atoms with E-state index in [2.05, 4.69) is 15.3 Å². The van der Waals surface area contributed by atoms with Gasteiger partial charge in [-0.15, -0.1) is 23.7 Å². The Morgan fingerprint density at radius 2 is 2.40 bits per heavy atom. The number of thiazole rings is 1. The fourth-order valence-electron chi connectivity index (χ4n) is 2.15. The van der Waals surface area contributed by atoms with Crippen LogP contribution in [0.3, 0.4) is 0 Å². The molecule has 3 rings (SSSR count). The van der Waals surface area contributed by atoms with Crippen LogP contribution in [0.15, 0.2) is 12.5 Å².